The Morgan fingerprint density at radius 1 is 0.867 bits per heavy atom. The van der Waals surface area contributed by atoms with Crippen molar-refractivity contribution in [3.05, 3.63) is 11.8 Å². The molecule has 3 heterocycles. The number of likely N-dealkylation sites (N-methyl/N-ethyl adjacent to an activating group) is 1. The first-order valence-electron chi connectivity index (χ1n) is 12.0. The van der Waals surface area contributed by atoms with Gasteiger partial charge in [0.05, 0.1) is 0 Å². The van der Waals surface area contributed by atoms with Crippen LogP contribution in [-0.2, 0) is 0 Å². The molecule has 0 spiro atoms. The van der Waals surface area contributed by atoms with E-state index in [0.29, 0.717) is 17.7 Å². The average molecular weight is 424 g/mol. The maximum Gasteiger partial charge on any atom is 0.219 e. The van der Waals surface area contributed by atoms with Crippen LogP contribution in [0.1, 0.15) is 72.6 Å². The average Bonchev–Trinajstić information content (AvgIpc) is 3.25. The summed E-state index contributed by atoms with van der Waals surface area (Å²) < 4.78 is 5.12. The molecule has 30 heavy (non-hydrogen) atoms. The van der Waals surface area contributed by atoms with Gasteiger partial charge in [0.1, 0.15) is 0 Å². The molecule has 1 aromatic heterocycles. The summed E-state index contributed by atoms with van der Waals surface area (Å²) in [5.41, 5.74) is 0. The van der Waals surface area contributed by atoms with Crippen LogP contribution in [-0.4, -0.2) is 84.3 Å². The number of rotatable bonds is 5. The Hall–Kier alpha value is -0.980. The van der Waals surface area contributed by atoms with Crippen molar-refractivity contribution in [2.75, 3.05) is 59.4 Å². The quantitative estimate of drug-likeness (QED) is 0.701. The van der Waals surface area contributed by atoms with Crippen LogP contribution in [0.2, 0.25) is 0 Å². The monoisotopic (exact) mass is 423 g/mol. The van der Waals surface area contributed by atoms with Gasteiger partial charge in [0, 0.05) is 58.7 Å². The molecule has 0 bridgehead atoms. The summed E-state index contributed by atoms with van der Waals surface area (Å²) >= 11 is 0. The van der Waals surface area contributed by atoms with Gasteiger partial charge in [0.25, 0.3) is 0 Å². The molecule has 0 aromatic carbocycles. The molecule has 2 aliphatic rings. The highest BCUT2D eigenvalue weighted by Gasteiger charge is 2.18. The summed E-state index contributed by atoms with van der Waals surface area (Å²) in [6, 6.07) is 0. The molecule has 1 aromatic rings. The van der Waals surface area contributed by atoms with Crippen LogP contribution in [0.3, 0.4) is 0 Å². The molecule has 0 aliphatic carbocycles. The van der Waals surface area contributed by atoms with Gasteiger partial charge in [0.15, 0.2) is 0 Å². The second-order valence-corrected chi connectivity index (χ2v) is 10.4. The Kier molecular flexibility index (Phi) is 12.8. The topological polar surface area (TPSA) is 48.6 Å². The normalized spacial score (nSPS) is 21.0. The van der Waals surface area contributed by atoms with E-state index in [1.54, 1.807) is 6.92 Å². The van der Waals surface area contributed by atoms with Crippen molar-refractivity contribution in [3.8, 4) is 0 Å². The van der Waals surface area contributed by atoms with Crippen LogP contribution in [0.15, 0.2) is 4.42 Å². The van der Waals surface area contributed by atoms with Gasteiger partial charge in [-0.15, -0.1) is 10.2 Å². The highest BCUT2D eigenvalue weighted by atomic mass is 16.4. The molecule has 2 aliphatic heterocycles. The van der Waals surface area contributed by atoms with E-state index in [0.717, 1.165) is 17.8 Å². The van der Waals surface area contributed by atoms with Crippen LogP contribution in [0, 0.1) is 24.7 Å². The third kappa shape index (κ3) is 12.0. The summed E-state index contributed by atoms with van der Waals surface area (Å²) in [5, 5.41) is 7.52. The number of piperazine rings is 1. The second-order valence-electron chi connectivity index (χ2n) is 10.4. The lowest BCUT2D eigenvalue weighted by atomic mass is 10.2. The molecule has 3 rings (SSSR count). The van der Waals surface area contributed by atoms with Crippen molar-refractivity contribution in [1.82, 2.24) is 24.9 Å². The first-order chi connectivity index (χ1) is 14.1. The van der Waals surface area contributed by atoms with E-state index in [4.69, 9.17) is 4.42 Å². The van der Waals surface area contributed by atoms with E-state index in [-0.39, 0.29) is 0 Å². The van der Waals surface area contributed by atoms with Gasteiger partial charge in [-0.1, -0.05) is 48.5 Å². The molecule has 6 heteroatoms. The molecule has 6 nitrogen and oxygen atoms in total. The van der Waals surface area contributed by atoms with Gasteiger partial charge in [-0.3, -0.25) is 0 Å². The summed E-state index contributed by atoms with van der Waals surface area (Å²) in [4.78, 5) is 7.54. The minimum atomic E-state index is 0.339. The SMILES string of the molecule is CC(C)CN1CCC(C)C1.CC(C)CN1CCN(C)CC1.Cc1nnc(C(C)C)o1. The van der Waals surface area contributed by atoms with Gasteiger partial charge < -0.3 is 19.1 Å². The zero-order valence-electron chi connectivity index (χ0n) is 21.3. The van der Waals surface area contributed by atoms with Gasteiger partial charge in [-0.05, 0) is 37.8 Å². The number of hydrogen-bond donors (Lipinski definition) is 0. The van der Waals surface area contributed by atoms with E-state index in [2.05, 4.69) is 66.6 Å². The minimum Gasteiger partial charge on any atom is -0.425 e. The first kappa shape index (κ1) is 27.1. The van der Waals surface area contributed by atoms with Crippen molar-refractivity contribution in [2.24, 2.45) is 17.8 Å². The molecule has 0 radical (unpaired) electrons. The first-order valence-corrected chi connectivity index (χ1v) is 12.0. The highest BCUT2D eigenvalue weighted by molar-refractivity contribution is 4.84. The summed E-state index contributed by atoms with van der Waals surface area (Å²) in [5.74, 6) is 4.29. The molecule has 0 N–H and O–H groups in total. The van der Waals surface area contributed by atoms with Crippen LogP contribution in [0.25, 0.3) is 0 Å². The van der Waals surface area contributed by atoms with E-state index < -0.39 is 0 Å². The number of aromatic nitrogens is 2. The lowest BCUT2D eigenvalue weighted by Gasteiger charge is -2.33. The van der Waals surface area contributed by atoms with E-state index in [9.17, 15) is 0 Å². The molecule has 2 fully saturated rings. The Bertz CT molecular complexity index is 550. The zero-order valence-corrected chi connectivity index (χ0v) is 21.3. The number of nitrogens with zero attached hydrogens (tertiary/aromatic N) is 5. The van der Waals surface area contributed by atoms with Crippen molar-refractivity contribution in [2.45, 2.75) is 67.7 Å². The lowest BCUT2D eigenvalue weighted by Crippen LogP contribution is -2.45. The molecule has 0 amide bonds. The molecular formula is C24H49N5O. The zero-order chi connectivity index (χ0) is 22.7. The van der Waals surface area contributed by atoms with Crippen LogP contribution < -0.4 is 0 Å². The smallest absolute Gasteiger partial charge is 0.219 e. The number of hydrogen-bond acceptors (Lipinski definition) is 6. The standard InChI is InChI=1S/C9H20N2.C9H19N.C6H10N2O/c1-9(2)8-11-6-4-10(3)5-7-11;1-8(2)6-10-5-4-9(3)7-10;1-4(2)6-8-7-5(3)9-6/h9H,4-8H2,1-3H3;8-9H,4-7H2,1-3H3;4H,1-3H3. The third-order valence-electron chi connectivity index (χ3n) is 5.39. The van der Waals surface area contributed by atoms with Gasteiger partial charge >= 0.3 is 0 Å². The molecule has 1 atom stereocenters. The Morgan fingerprint density at radius 3 is 1.80 bits per heavy atom. The predicted molar refractivity (Wildman–Crippen MR) is 127 cm³/mol. The lowest BCUT2D eigenvalue weighted by molar-refractivity contribution is 0.141. The van der Waals surface area contributed by atoms with E-state index in [1.807, 2.05) is 13.8 Å². The molecule has 0 saturated carbocycles. The fourth-order valence-electron chi connectivity index (χ4n) is 3.80. The summed E-state index contributed by atoms with van der Waals surface area (Å²) in [6.45, 7) is 27.6. The van der Waals surface area contributed by atoms with Crippen molar-refractivity contribution >= 4 is 0 Å². The Morgan fingerprint density at radius 2 is 1.43 bits per heavy atom. The molecular weight excluding hydrogens is 374 g/mol. The second kappa shape index (κ2) is 14.2. The molecule has 176 valence electrons. The van der Waals surface area contributed by atoms with Gasteiger partial charge in [-0.25, -0.2) is 0 Å². The minimum absolute atomic E-state index is 0.339. The molecule has 2 saturated heterocycles. The van der Waals surface area contributed by atoms with E-state index >= 15 is 0 Å². The molecule has 1 unspecified atom stereocenters. The number of likely N-dealkylation sites (tertiary alicyclic amines) is 1. The summed E-state index contributed by atoms with van der Waals surface area (Å²) in [7, 11) is 2.20. The van der Waals surface area contributed by atoms with Gasteiger partial charge in [0.2, 0.25) is 11.8 Å². The maximum atomic E-state index is 5.12. The van der Waals surface area contributed by atoms with Crippen molar-refractivity contribution < 1.29 is 4.42 Å². The Labute approximate surface area is 186 Å². The van der Waals surface area contributed by atoms with Crippen LogP contribution in [0.4, 0.5) is 0 Å². The Balaban J connectivity index is 0.000000226. The van der Waals surface area contributed by atoms with Crippen molar-refractivity contribution in [3.63, 3.8) is 0 Å². The van der Waals surface area contributed by atoms with Gasteiger partial charge in [-0.2, -0.15) is 0 Å². The third-order valence-corrected chi connectivity index (χ3v) is 5.39. The number of aryl methyl sites for hydroxylation is 1. The van der Waals surface area contributed by atoms with Crippen molar-refractivity contribution in [1.29, 1.82) is 0 Å². The van der Waals surface area contributed by atoms with Crippen LogP contribution in [0.5, 0.6) is 0 Å². The largest absolute Gasteiger partial charge is 0.425 e. The summed E-state index contributed by atoms with van der Waals surface area (Å²) in [6.07, 6.45) is 1.41. The van der Waals surface area contributed by atoms with E-state index in [1.165, 1.54) is 58.8 Å². The fraction of sp³-hybridized carbons (Fsp3) is 0.917. The highest BCUT2D eigenvalue weighted by Crippen LogP contribution is 2.15. The fourth-order valence-corrected chi connectivity index (χ4v) is 3.80. The van der Waals surface area contributed by atoms with Crippen LogP contribution >= 0.6 is 0 Å². The maximum absolute atomic E-state index is 5.12. The predicted octanol–water partition coefficient (Wildman–Crippen LogP) is 4.38.